The molecule has 10 heteroatoms. The highest BCUT2D eigenvalue weighted by atomic mass is 35.5. The van der Waals surface area contributed by atoms with Crippen LogP contribution in [0.1, 0.15) is 54.8 Å². The number of hydrogen-bond donors (Lipinski definition) is 2. The summed E-state index contributed by atoms with van der Waals surface area (Å²) in [5.41, 5.74) is 0.406. The first-order valence-electron chi connectivity index (χ1n) is 8.79. The molecule has 0 aliphatic carbocycles. The zero-order valence-corrected chi connectivity index (χ0v) is 16.7. The molecule has 0 radical (unpaired) electrons. The van der Waals surface area contributed by atoms with Crippen LogP contribution in [-0.4, -0.2) is 27.9 Å². The van der Waals surface area contributed by atoms with E-state index in [-0.39, 0.29) is 29.0 Å². The lowest BCUT2D eigenvalue weighted by molar-refractivity contribution is -0.173. The SMILES string of the molecule is CC[C@@H](C)NC(=O)c1nn2c(c1Cl)N[C@H](c1ccc(Cl)cc1)C[C@@H]2C(F)(F)F. The topological polar surface area (TPSA) is 59.0 Å². The number of carbonyl (C=O) groups is 1. The number of amides is 1. The van der Waals surface area contributed by atoms with Crippen LogP contribution in [0, 0.1) is 0 Å². The van der Waals surface area contributed by atoms with E-state index in [0.29, 0.717) is 17.0 Å². The van der Waals surface area contributed by atoms with Crippen molar-refractivity contribution in [1.82, 2.24) is 15.1 Å². The van der Waals surface area contributed by atoms with E-state index >= 15 is 0 Å². The molecule has 1 amide bonds. The van der Waals surface area contributed by atoms with Gasteiger partial charge in [0.05, 0.1) is 6.04 Å². The van der Waals surface area contributed by atoms with Gasteiger partial charge in [-0.15, -0.1) is 0 Å². The van der Waals surface area contributed by atoms with E-state index in [2.05, 4.69) is 15.7 Å². The molecule has 0 unspecified atom stereocenters. The van der Waals surface area contributed by atoms with Gasteiger partial charge < -0.3 is 10.6 Å². The highest BCUT2D eigenvalue weighted by Crippen LogP contribution is 2.46. The Kier molecular flexibility index (Phi) is 5.82. The van der Waals surface area contributed by atoms with Gasteiger partial charge in [0.15, 0.2) is 11.7 Å². The minimum absolute atomic E-state index is 0.0236. The third-order valence-electron chi connectivity index (χ3n) is 4.77. The minimum atomic E-state index is -4.55. The molecule has 0 saturated carbocycles. The Morgan fingerprint density at radius 1 is 1.36 bits per heavy atom. The highest BCUT2D eigenvalue weighted by Gasteiger charge is 2.47. The predicted molar refractivity (Wildman–Crippen MR) is 102 cm³/mol. The quantitative estimate of drug-likeness (QED) is 0.678. The number of fused-ring (bicyclic) bond motifs is 1. The summed E-state index contributed by atoms with van der Waals surface area (Å²) in [4.78, 5) is 12.4. The van der Waals surface area contributed by atoms with Crippen LogP contribution in [0.4, 0.5) is 19.0 Å². The van der Waals surface area contributed by atoms with Gasteiger partial charge in [-0.2, -0.15) is 18.3 Å². The van der Waals surface area contributed by atoms with Gasteiger partial charge in [-0.05, 0) is 31.0 Å². The van der Waals surface area contributed by atoms with Crippen LogP contribution in [0.3, 0.4) is 0 Å². The molecule has 2 N–H and O–H groups in total. The molecule has 1 aromatic carbocycles. The zero-order valence-electron chi connectivity index (χ0n) is 15.1. The van der Waals surface area contributed by atoms with Crippen molar-refractivity contribution in [1.29, 1.82) is 0 Å². The number of nitrogens with zero attached hydrogens (tertiary/aromatic N) is 2. The van der Waals surface area contributed by atoms with Crippen molar-refractivity contribution in [2.45, 2.75) is 51.0 Å². The Balaban J connectivity index is 2.00. The first-order chi connectivity index (χ1) is 13.1. The van der Waals surface area contributed by atoms with E-state index in [1.807, 2.05) is 6.92 Å². The van der Waals surface area contributed by atoms with Crippen LogP contribution in [-0.2, 0) is 0 Å². The van der Waals surface area contributed by atoms with E-state index < -0.39 is 24.2 Å². The minimum Gasteiger partial charge on any atom is -0.362 e. The fraction of sp³-hybridized carbons (Fsp3) is 0.444. The molecule has 3 rings (SSSR count). The van der Waals surface area contributed by atoms with Gasteiger partial charge in [0.1, 0.15) is 10.8 Å². The summed E-state index contributed by atoms with van der Waals surface area (Å²) >= 11 is 12.1. The number of alkyl halides is 3. The van der Waals surface area contributed by atoms with Crippen molar-refractivity contribution < 1.29 is 18.0 Å². The van der Waals surface area contributed by atoms with Gasteiger partial charge in [-0.3, -0.25) is 4.79 Å². The number of rotatable bonds is 4. The summed E-state index contributed by atoms with van der Waals surface area (Å²) in [7, 11) is 0. The average Bonchev–Trinajstić information content (AvgIpc) is 2.97. The molecule has 0 spiro atoms. The molecule has 0 saturated heterocycles. The largest absolute Gasteiger partial charge is 0.410 e. The van der Waals surface area contributed by atoms with Crippen molar-refractivity contribution in [3.63, 3.8) is 0 Å². The number of nitrogens with one attached hydrogen (secondary N) is 2. The van der Waals surface area contributed by atoms with Crippen LogP contribution in [0.5, 0.6) is 0 Å². The Hall–Kier alpha value is -1.93. The van der Waals surface area contributed by atoms with Crippen molar-refractivity contribution in [3.05, 3.63) is 45.6 Å². The lowest BCUT2D eigenvalue weighted by atomic mass is 9.97. The summed E-state index contributed by atoms with van der Waals surface area (Å²) in [6.07, 6.45) is -4.18. The maximum atomic E-state index is 13.7. The number of carbonyl (C=O) groups excluding carboxylic acids is 1. The fourth-order valence-electron chi connectivity index (χ4n) is 3.04. The Morgan fingerprint density at radius 2 is 2.00 bits per heavy atom. The molecule has 1 aromatic heterocycles. The molecule has 2 aromatic rings. The van der Waals surface area contributed by atoms with Gasteiger partial charge in [-0.1, -0.05) is 42.3 Å². The van der Waals surface area contributed by atoms with Crippen LogP contribution >= 0.6 is 23.2 Å². The molecule has 1 aliphatic heterocycles. The lowest BCUT2D eigenvalue weighted by Crippen LogP contribution is -2.36. The van der Waals surface area contributed by atoms with Gasteiger partial charge in [0, 0.05) is 17.5 Å². The first kappa shape index (κ1) is 20.8. The summed E-state index contributed by atoms with van der Waals surface area (Å²) in [6.45, 7) is 3.66. The maximum Gasteiger partial charge on any atom is 0.410 e. The second kappa shape index (κ2) is 7.83. The molecule has 152 valence electrons. The van der Waals surface area contributed by atoms with E-state index in [9.17, 15) is 18.0 Å². The second-order valence-corrected chi connectivity index (χ2v) is 7.59. The Bertz CT molecular complexity index is 867. The van der Waals surface area contributed by atoms with Crippen LogP contribution in [0.2, 0.25) is 10.0 Å². The average molecular weight is 435 g/mol. The van der Waals surface area contributed by atoms with Crippen LogP contribution < -0.4 is 10.6 Å². The van der Waals surface area contributed by atoms with Crippen LogP contribution in [0.25, 0.3) is 0 Å². The zero-order chi connectivity index (χ0) is 20.6. The van der Waals surface area contributed by atoms with Crippen molar-refractivity contribution in [3.8, 4) is 0 Å². The number of aromatic nitrogens is 2. The van der Waals surface area contributed by atoms with E-state index in [1.54, 1.807) is 31.2 Å². The number of halogens is 5. The van der Waals surface area contributed by atoms with Gasteiger partial charge in [0.2, 0.25) is 0 Å². The number of anilines is 1. The van der Waals surface area contributed by atoms with E-state index in [1.165, 1.54) is 0 Å². The molecule has 0 fully saturated rings. The molecule has 5 nitrogen and oxygen atoms in total. The fourth-order valence-corrected chi connectivity index (χ4v) is 3.43. The number of benzene rings is 1. The van der Waals surface area contributed by atoms with Gasteiger partial charge >= 0.3 is 6.18 Å². The summed E-state index contributed by atoms with van der Waals surface area (Å²) in [6, 6.07) is 3.81. The normalized spacial score (nSPS) is 20.2. The van der Waals surface area contributed by atoms with E-state index in [4.69, 9.17) is 23.2 Å². The molecular weight excluding hydrogens is 416 g/mol. The Morgan fingerprint density at radius 3 is 2.57 bits per heavy atom. The smallest absolute Gasteiger partial charge is 0.362 e. The van der Waals surface area contributed by atoms with Crippen molar-refractivity contribution in [2.24, 2.45) is 0 Å². The second-order valence-electron chi connectivity index (χ2n) is 6.78. The van der Waals surface area contributed by atoms with Crippen molar-refractivity contribution in [2.75, 3.05) is 5.32 Å². The van der Waals surface area contributed by atoms with Crippen LogP contribution in [0.15, 0.2) is 24.3 Å². The predicted octanol–water partition coefficient (Wildman–Crippen LogP) is 5.38. The van der Waals surface area contributed by atoms with Crippen molar-refractivity contribution >= 4 is 34.9 Å². The Labute approximate surface area is 170 Å². The third-order valence-corrected chi connectivity index (χ3v) is 5.38. The molecular formula is C18H19Cl2F3N4O. The van der Waals surface area contributed by atoms with E-state index in [0.717, 1.165) is 4.68 Å². The molecule has 28 heavy (non-hydrogen) atoms. The standard InChI is InChI=1S/C18H19Cl2F3N4O/c1-3-9(2)24-17(28)15-14(20)16-25-12(10-4-6-11(19)7-5-10)8-13(18(21,22)23)27(16)26-15/h4-7,9,12-13,25H,3,8H2,1-2H3,(H,24,28)/t9-,12+,13-/m1/s1. The maximum absolute atomic E-state index is 13.7. The summed E-state index contributed by atoms with van der Waals surface area (Å²) in [5, 5.41) is 9.92. The first-order valence-corrected chi connectivity index (χ1v) is 9.55. The van der Waals surface area contributed by atoms with Gasteiger partial charge in [0.25, 0.3) is 5.91 Å². The monoisotopic (exact) mass is 434 g/mol. The molecule has 2 heterocycles. The molecule has 3 atom stereocenters. The highest BCUT2D eigenvalue weighted by molar-refractivity contribution is 6.36. The molecule has 0 bridgehead atoms. The third kappa shape index (κ3) is 4.07. The summed E-state index contributed by atoms with van der Waals surface area (Å²) < 4.78 is 41.9. The van der Waals surface area contributed by atoms with Gasteiger partial charge in [-0.25, -0.2) is 4.68 Å². The lowest BCUT2D eigenvalue weighted by Gasteiger charge is -2.33. The number of hydrogen-bond acceptors (Lipinski definition) is 3. The molecule has 1 aliphatic rings. The summed E-state index contributed by atoms with van der Waals surface area (Å²) in [5.74, 6) is -0.628.